The molecule has 3 N–H and O–H groups in total. The van der Waals surface area contributed by atoms with Gasteiger partial charge in [0.2, 0.25) is 5.95 Å². The summed E-state index contributed by atoms with van der Waals surface area (Å²) in [5.41, 5.74) is 2.13. The maximum absolute atomic E-state index is 14.2. The number of furan rings is 1. The average Bonchev–Trinajstić information content (AvgIpc) is 3.10. The molecule has 4 aromatic rings. The van der Waals surface area contributed by atoms with Gasteiger partial charge < -0.3 is 25.1 Å². The van der Waals surface area contributed by atoms with E-state index in [9.17, 15) is 4.39 Å². The molecule has 0 aliphatic rings. The molecule has 4 rings (SSSR count). The van der Waals surface area contributed by atoms with Gasteiger partial charge in [-0.2, -0.15) is 4.98 Å². The molecule has 9 heteroatoms. The van der Waals surface area contributed by atoms with Gasteiger partial charge in [0.15, 0.2) is 11.6 Å². The molecule has 0 amide bonds. The van der Waals surface area contributed by atoms with Gasteiger partial charge in [-0.1, -0.05) is 11.6 Å². The van der Waals surface area contributed by atoms with Crippen molar-refractivity contribution in [2.24, 2.45) is 0 Å². The van der Waals surface area contributed by atoms with Crippen LogP contribution in [0.25, 0.3) is 11.0 Å². The van der Waals surface area contributed by atoms with E-state index in [1.54, 1.807) is 18.2 Å². The molecule has 0 radical (unpaired) electrons. The number of fused-ring (bicyclic) bond motifs is 1. The molecule has 0 saturated heterocycles. The first-order valence-corrected chi connectivity index (χ1v) is 9.80. The molecule has 0 aliphatic carbocycles. The third-order valence-electron chi connectivity index (χ3n) is 4.05. The van der Waals surface area contributed by atoms with E-state index in [1.807, 2.05) is 45.3 Å². The van der Waals surface area contributed by atoms with Gasteiger partial charge in [-0.05, 0) is 63.5 Å². The van der Waals surface area contributed by atoms with Crippen molar-refractivity contribution in [2.75, 3.05) is 31.8 Å². The number of nitrogens with one attached hydrogen (secondary N) is 3. The normalized spacial score (nSPS) is 10.4. The van der Waals surface area contributed by atoms with E-state index in [0.29, 0.717) is 16.5 Å². The van der Waals surface area contributed by atoms with Gasteiger partial charge in [0.1, 0.15) is 17.1 Å². The fraction of sp³-hybridized carbons (Fsp3) is 0.182. The monoisotopic (exact) mass is 443 g/mol. The molecule has 0 saturated carbocycles. The molecule has 2 heterocycles. The zero-order chi connectivity index (χ0) is 22.4. The van der Waals surface area contributed by atoms with Crippen molar-refractivity contribution in [3.63, 3.8) is 0 Å². The van der Waals surface area contributed by atoms with Gasteiger partial charge in [-0.25, -0.2) is 9.37 Å². The molecule has 0 aliphatic heterocycles. The summed E-state index contributed by atoms with van der Waals surface area (Å²) in [6.45, 7) is 1.89. The zero-order valence-electron chi connectivity index (χ0n) is 17.6. The third-order valence-corrected chi connectivity index (χ3v) is 4.35. The van der Waals surface area contributed by atoms with E-state index in [0.717, 1.165) is 28.6 Å². The van der Waals surface area contributed by atoms with E-state index < -0.39 is 5.82 Å². The average molecular weight is 444 g/mol. The van der Waals surface area contributed by atoms with Gasteiger partial charge in [0.25, 0.3) is 0 Å². The number of rotatable bonds is 5. The van der Waals surface area contributed by atoms with Crippen LogP contribution in [0.3, 0.4) is 0 Å². The molecule has 0 fully saturated rings. The number of anilines is 4. The molecule has 0 bridgehead atoms. The molecular weight excluding hydrogens is 421 g/mol. The standard InChI is InChI=1S/C20H16ClFN4O2.C2H7N/c1-11-7-12-8-13(3-5-17(12)28-11)25-20-23-10-16(22)19(26-20)24-14-4-6-18(27-2)15(21)9-14;1-3-2/h3-10H,1-2H3,(H2,23,24,25,26);3H,1-2H3. The van der Waals surface area contributed by atoms with Crippen LogP contribution in [0.4, 0.5) is 27.5 Å². The SMILES string of the molecule is CNC.COc1ccc(Nc2nc(Nc3ccc4oc(C)cc4c3)ncc2F)cc1Cl. The maximum Gasteiger partial charge on any atom is 0.229 e. The molecule has 2 aromatic carbocycles. The number of methoxy groups -OCH3 is 1. The Labute approximate surface area is 184 Å². The Morgan fingerprint density at radius 3 is 2.45 bits per heavy atom. The zero-order valence-corrected chi connectivity index (χ0v) is 18.3. The number of hydrogen-bond acceptors (Lipinski definition) is 7. The summed E-state index contributed by atoms with van der Waals surface area (Å²) < 4.78 is 24.8. The number of halogens is 2. The Bertz CT molecular complexity index is 1180. The molecule has 2 aromatic heterocycles. The summed E-state index contributed by atoms with van der Waals surface area (Å²) in [6.07, 6.45) is 1.10. The minimum atomic E-state index is -0.585. The molecule has 162 valence electrons. The molecule has 31 heavy (non-hydrogen) atoms. The molecule has 0 unspecified atom stereocenters. The van der Waals surface area contributed by atoms with E-state index in [1.165, 1.54) is 7.11 Å². The van der Waals surface area contributed by atoms with Crippen LogP contribution in [0.5, 0.6) is 5.75 Å². The van der Waals surface area contributed by atoms with Crippen LogP contribution in [0.1, 0.15) is 5.76 Å². The highest BCUT2D eigenvalue weighted by atomic mass is 35.5. The number of ether oxygens (including phenoxy) is 1. The first kappa shape index (κ1) is 22.3. The summed E-state index contributed by atoms with van der Waals surface area (Å²) >= 11 is 6.11. The minimum Gasteiger partial charge on any atom is -0.495 e. The first-order chi connectivity index (χ1) is 14.9. The van der Waals surface area contributed by atoms with Crippen LogP contribution < -0.4 is 20.7 Å². The number of aryl methyl sites for hydroxylation is 1. The van der Waals surface area contributed by atoms with Gasteiger partial charge >= 0.3 is 0 Å². The Balaban J connectivity index is 0.000000858. The van der Waals surface area contributed by atoms with Gasteiger partial charge in [0.05, 0.1) is 18.3 Å². The fourth-order valence-electron chi connectivity index (χ4n) is 2.78. The van der Waals surface area contributed by atoms with Crippen molar-refractivity contribution in [3.05, 3.63) is 65.3 Å². The Kier molecular flexibility index (Phi) is 7.28. The van der Waals surface area contributed by atoms with Crippen LogP contribution in [-0.2, 0) is 0 Å². The van der Waals surface area contributed by atoms with Crippen LogP contribution in [0.15, 0.2) is 53.1 Å². The van der Waals surface area contributed by atoms with Gasteiger partial charge in [-0.15, -0.1) is 0 Å². The lowest BCUT2D eigenvalue weighted by Gasteiger charge is -2.11. The Morgan fingerprint density at radius 2 is 1.74 bits per heavy atom. The lowest BCUT2D eigenvalue weighted by atomic mass is 10.2. The smallest absolute Gasteiger partial charge is 0.229 e. The first-order valence-electron chi connectivity index (χ1n) is 9.42. The maximum atomic E-state index is 14.2. The van der Waals surface area contributed by atoms with Crippen LogP contribution in [0.2, 0.25) is 5.02 Å². The molecular formula is C22H23ClFN5O2. The quantitative estimate of drug-likeness (QED) is 0.367. The number of nitrogens with zero attached hydrogens (tertiary/aromatic N) is 2. The van der Waals surface area contributed by atoms with Crippen LogP contribution >= 0.6 is 11.6 Å². The second-order valence-electron chi connectivity index (χ2n) is 6.60. The highest BCUT2D eigenvalue weighted by Crippen LogP contribution is 2.29. The van der Waals surface area contributed by atoms with Gasteiger partial charge in [0, 0.05) is 16.8 Å². The van der Waals surface area contributed by atoms with Crippen molar-refractivity contribution in [2.45, 2.75) is 6.92 Å². The summed E-state index contributed by atoms with van der Waals surface area (Å²) in [5.74, 6) is 1.05. The lowest BCUT2D eigenvalue weighted by Crippen LogP contribution is -2.03. The van der Waals surface area contributed by atoms with Crippen molar-refractivity contribution in [3.8, 4) is 5.75 Å². The second-order valence-corrected chi connectivity index (χ2v) is 7.01. The number of benzene rings is 2. The van der Waals surface area contributed by atoms with Crippen molar-refractivity contribution < 1.29 is 13.5 Å². The van der Waals surface area contributed by atoms with Crippen molar-refractivity contribution >= 4 is 45.7 Å². The summed E-state index contributed by atoms with van der Waals surface area (Å²) in [6, 6.07) is 12.6. The topological polar surface area (TPSA) is 84.2 Å². The van der Waals surface area contributed by atoms with Crippen molar-refractivity contribution in [1.29, 1.82) is 0 Å². The third kappa shape index (κ3) is 5.62. The molecule has 7 nitrogen and oxygen atoms in total. The van der Waals surface area contributed by atoms with Crippen LogP contribution in [-0.4, -0.2) is 31.2 Å². The Hall–Kier alpha value is -3.36. The largest absolute Gasteiger partial charge is 0.495 e. The second kappa shape index (κ2) is 10.1. The molecule has 0 atom stereocenters. The van der Waals surface area contributed by atoms with Crippen molar-refractivity contribution in [1.82, 2.24) is 15.3 Å². The van der Waals surface area contributed by atoms with E-state index in [-0.39, 0.29) is 11.8 Å². The van der Waals surface area contributed by atoms with Crippen LogP contribution in [0, 0.1) is 12.7 Å². The summed E-state index contributed by atoms with van der Waals surface area (Å²) in [5, 5.41) is 10.1. The summed E-state index contributed by atoms with van der Waals surface area (Å²) in [4.78, 5) is 8.21. The predicted molar refractivity (Wildman–Crippen MR) is 122 cm³/mol. The summed E-state index contributed by atoms with van der Waals surface area (Å²) in [7, 11) is 5.28. The highest BCUT2D eigenvalue weighted by molar-refractivity contribution is 6.32. The van der Waals surface area contributed by atoms with E-state index in [2.05, 4.69) is 25.9 Å². The fourth-order valence-corrected chi connectivity index (χ4v) is 3.04. The van der Waals surface area contributed by atoms with E-state index >= 15 is 0 Å². The van der Waals surface area contributed by atoms with E-state index in [4.69, 9.17) is 20.8 Å². The lowest BCUT2D eigenvalue weighted by molar-refractivity contribution is 0.415. The molecule has 0 spiro atoms. The van der Waals surface area contributed by atoms with Gasteiger partial charge in [-0.3, -0.25) is 0 Å². The Morgan fingerprint density at radius 1 is 1.03 bits per heavy atom. The highest BCUT2D eigenvalue weighted by Gasteiger charge is 2.10. The number of aromatic nitrogens is 2. The predicted octanol–water partition coefficient (Wildman–Crippen LogP) is 5.66. The number of hydrogen-bond donors (Lipinski definition) is 3. The minimum absolute atomic E-state index is 0.0268.